The summed E-state index contributed by atoms with van der Waals surface area (Å²) in [6, 6.07) is 0. The van der Waals surface area contributed by atoms with Gasteiger partial charge in [-0.25, -0.2) is 0 Å². The van der Waals surface area contributed by atoms with Crippen LogP contribution in [-0.2, 0) is 0 Å². The van der Waals surface area contributed by atoms with E-state index in [1.54, 1.807) is 0 Å². The molecule has 0 fully saturated rings. The number of halogens is 2. The normalized spacial score (nSPS) is 14.0. The SMILES string of the molecule is CC[N+](CC)([I-]I)C(C)(C)C. The molecule has 3 heteroatoms. The molecule has 0 rings (SSSR count). The van der Waals surface area contributed by atoms with Gasteiger partial charge in [0.05, 0.1) is 0 Å². The van der Waals surface area contributed by atoms with Crippen LogP contribution in [0.2, 0.25) is 0 Å². The molecule has 0 radical (unpaired) electrons. The molecule has 0 aliphatic carbocycles. The third-order valence-electron chi connectivity index (χ3n) is 2.33. The average Bonchev–Trinajstić information content (AvgIpc) is 1.90. The molecule has 0 aromatic rings. The molecule has 0 heterocycles. The number of nitrogens with zero attached hydrogens (tertiary/aromatic N) is 1. The minimum absolute atomic E-state index is 0.272. The molecule has 0 aromatic carbocycles. The maximum absolute atomic E-state index is 2.61. The summed E-state index contributed by atoms with van der Waals surface area (Å²) in [5.74, 6) is 0. The predicted octanol–water partition coefficient (Wildman–Crippen LogP) is -0.00450. The van der Waals surface area contributed by atoms with Crippen molar-refractivity contribution in [1.29, 1.82) is 0 Å². The van der Waals surface area contributed by atoms with Gasteiger partial charge in [0.15, 0.2) is 0 Å². The Hall–Kier alpha value is 1.42. The number of hydrogen-bond acceptors (Lipinski definition) is 0. The van der Waals surface area contributed by atoms with Crippen LogP contribution in [0.5, 0.6) is 0 Å². The van der Waals surface area contributed by atoms with Crippen LogP contribution in [-0.4, -0.2) is 21.3 Å². The van der Waals surface area contributed by atoms with Crippen LogP contribution >= 0.6 is 18.6 Å². The van der Waals surface area contributed by atoms with Gasteiger partial charge in [0, 0.05) is 0 Å². The van der Waals surface area contributed by atoms with Gasteiger partial charge < -0.3 is 0 Å². The van der Waals surface area contributed by atoms with E-state index in [9.17, 15) is 0 Å². The number of quaternary nitrogens is 1. The van der Waals surface area contributed by atoms with Crippen molar-refractivity contribution in [2.45, 2.75) is 40.2 Å². The summed E-state index contributed by atoms with van der Waals surface area (Å²) in [5, 5.41) is 0. The van der Waals surface area contributed by atoms with Crippen LogP contribution in [0.15, 0.2) is 0 Å². The van der Waals surface area contributed by atoms with Crippen LogP contribution in [0.4, 0.5) is 0 Å². The Kier molecular flexibility index (Phi) is 5.19. The van der Waals surface area contributed by atoms with E-state index in [1.165, 1.54) is 15.8 Å². The van der Waals surface area contributed by atoms with Crippen LogP contribution in [0.3, 0.4) is 0 Å². The second-order valence-electron chi connectivity index (χ2n) is 3.73. The van der Waals surface area contributed by atoms with E-state index in [4.69, 9.17) is 0 Å². The van der Waals surface area contributed by atoms with Crippen molar-refractivity contribution in [2.75, 3.05) is 13.1 Å². The molecule has 0 aliphatic heterocycles. The van der Waals surface area contributed by atoms with Gasteiger partial charge in [-0.2, -0.15) is 0 Å². The maximum atomic E-state index is 2.61. The van der Waals surface area contributed by atoms with Crippen molar-refractivity contribution in [2.24, 2.45) is 0 Å². The molecule has 70 valence electrons. The van der Waals surface area contributed by atoms with Crippen molar-refractivity contribution >= 4 is 18.6 Å². The standard InChI is InChI=1S/C8H19I2N/c1-6-11(7-2,10-9)8(3,4)5/h6-7H2,1-5H3. The second-order valence-corrected chi connectivity index (χ2v) is 8.39. The van der Waals surface area contributed by atoms with Gasteiger partial charge in [0.2, 0.25) is 0 Å². The summed E-state index contributed by atoms with van der Waals surface area (Å²) < 4.78 is 1.33. The van der Waals surface area contributed by atoms with Gasteiger partial charge in [0.1, 0.15) is 0 Å². The molecule has 0 unspecified atom stereocenters. The molecule has 1 nitrogen and oxygen atoms in total. The molecule has 0 bridgehead atoms. The molecule has 0 spiro atoms. The summed E-state index contributed by atoms with van der Waals surface area (Å²) in [6.07, 6.45) is 0. The third kappa shape index (κ3) is 2.69. The second kappa shape index (κ2) is 4.60. The van der Waals surface area contributed by atoms with Crippen molar-refractivity contribution in [3.8, 4) is 0 Å². The van der Waals surface area contributed by atoms with E-state index in [-0.39, 0.29) is 17.5 Å². The van der Waals surface area contributed by atoms with Gasteiger partial charge in [0.25, 0.3) is 0 Å². The fraction of sp³-hybridized carbons (Fsp3) is 1.00. The zero-order chi connectivity index (χ0) is 9.12. The minimum atomic E-state index is 0.272. The topological polar surface area (TPSA) is 0 Å². The van der Waals surface area contributed by atoms with Gasteiger partial charge in [-0.15, -0.1) is 0 Å². The van der Waals surface area contributed by atoms with Crippen LogP contribution in [0.25, 0.3) is 0 Å². The Morgan fingerprint density at radius 3 is 1.55 bits per heavy atom. The summed E-state index contributed by atoms with van der Waals surface area (Å²) in [5.41, 5.74) is 0.442. The Balaban J connectivity index is 4.54. The summed E-state index contributed by atoms with van der Waals surface area (Å²) in [7, 11) is 0. The fourth-order valence-corrected chi connectivity index (χ4v) is 9.55. The Bertz CT molecular complexity index is 105. The van der Waals surface area contributed by atoms with E-state index in [1.807, 2.05) is 0 Å². The summed E-state index contributed by atoms with van der Waals surface area (Å²) in [6.45, 7) is 14.3. The molecule has 0 N–H and O–H groups in total. The van der Waals surface area contributed by atoms with E-state index >= 15 is 0 Å². The fourth-order valence-electron chi connectivity index (χ4n) is 1.36. The molecule has 11 heavy (non-hydrogen) atoms. The monoisotopic (exact) mass is 383 g/mol. The molecular weight excluding hydrogens is 364 g/mol. The third-order valence-corrected chi connectivity index (χ3v) is 10.5. The first-order valence-electron chi connectivity index (χ1n) is 4.08. The number of rotatable bonds is 3. The Labute approximate surface area is 91.3 Å². The summed E-state index contributed by atoms with van der Waals surface area (Å²) >= 11 is 2.88. The molecular formula is C8H19I2N. The van der Waals surface area contributed by atoms with Gasteiger partial charge in [-0.05, 0) is 0 Å². The average molecular weight is 383 g/mol. The van der Waals surface area contributed by atoms with E-state index in [2.05, 4.69) is 53.2 Å². The molecule has 0 aromatic heterocycles. The molecule has 0 aliphatic rings. The molecule has 0 saturated carbocycles. The van der Waals surface area contributed by atoms with Crippen LogP contribution in [0.1, 0.15) is 34.6 Å². The first kappa shape index (κ1) is 12.4. The predicted molar refractivity (Wildman–Crippen MR) is 55.1 cm³/mol. The summed E-state index contributed by atoms with van der Waals surface area (Å²) in [4.78, 5) is 0. The van der Waals surface area contributed by atoms with E-state index < -0.39 is 0 Å². The first-order valence-corrected chi connectivity index (χ1v) is 11.3. The number of hydrogen-bond donors (Lipinski definition) is 0. The first-order chi connectivity index (χ1) is 4.93. The van der Waals surface area contributed by atoms with E-state index in [0.29, 0.717) is 5.54 Å². The van der Waals surface area contributed by atoms with Gasteiger partial charge >= 0.3 is 92.1 Å². The van der Waals surface area contributed by atoms with Crippen molar-refractivity contribution in [3.05, 3.63) is 0 Å². The van der Waals surface area contributed by atoms with Gasteiger partial charge in [-0.3, -0.25) is 0 Å². The van der Waals surface area contributed by atoms with Crippen molar-refractivity contribution in [3.63, 3.8) is 0 Å². The quantitative estimate of drug-likeness (QED) is 0.476. The zero-order valence-electron chi connectivity index (χ0n) is 8.12. The van der Waals surface area contributed by atoms with Crippen molar-refractivity contribution in [1.82, 2.24) is 0 Å². The zero-order valence-corrected chi connectivity index (χ0v) is 12.4. The van der Waals surface area contributed by atoms with Gasteiger partial charge in [-0.1, -0.05) is 0 Å². The Morgan fingerprint density at radius 1 is 1.18 bits per heavy atom. The molecule has 0 atom stereocenters. The molecule has 0 saturated heterocycles. The molecule has 0 amide bonds. The van der Waals surface area contributed by atoms with Crippen LogP contribution < -0.4 is 17.5 Å². The van der Waals surface area contributed by atoms with Crippen LogP contribution in [0, 0.1) is 0 Å². The van der Waals surface area contributed by atoms with E-state index in [0.717, 1.165) is 0 Å². The Morgan fingerprint density at radius 2 is 1.55 bits per heavy atom. The van der Waals surface area contributed by atoms with Crippen molar-refractivity contribution < 1.29 is 20.2 Å².